The monoisotopic (exact) mass is 635 g/mol. The molecule has 0 radical (unpaired) electrons. The van der Waals surface area contributed by atoms with Gasteiger partial charge in [-0.05, 0) is 77.4 Å². The highest BCUT2D eigenvalue weighted by Gasteiger charge is 2.20. The van der Waals surface area contributed by atoms with Gasteiger partial charge in [0.2, 0.25) is 0 Å². The largest absolute Gasteiger partial charge is 0.310 e. The van der Waals surface area contributed by atoms with Crippen molar-refractivity contribution in [1.82, 2.24) is 9.13 Å². The second kappa shape index (κ2) is 11.4. The van der Waals surface area contributed by atoms with Gasteiger partial charge in [-0.25, -0.2) is 4.85 Å². The smallest absolute Gasteiger partial charge is 0.190 e. The van der Waals surface area contributed by atoms with Crippen molar-refractivity contribution >= 4 is 49.3 Å². The Morgan fingerprint density at radius 3 is 1.58 bits per heavy atom. The van der Waals surface area contributed by atoms with E-state index in [4.69, 9.17) is 6.57 Å². The fourth-order valence-corrected chi connectivity index (χ4v) is 7.38. The molecule has 0 saturated heterocycles. The van der Waals surface area contributed by atoms with Crippen LogP contribution in [-0.4, -0.2) is 9.13 Å². The van der Waals surface area contributed by atoms with Gasteiger partial charge in [0, 0.05) is 38.5 Å². The molecule has 0 bridgehead atoms. The highest BCUT2D eigenvalue weighted by atomic mass is 15.0. The molecule has 0 aliphatic rings. The zero-order chi connectivity index (χ0) is 33.8. The third-order valence-electron chi connectivity index (χ3n) is 9.61. The Balaban J connectivity index is 1.16. The van der Waals surface area contributed by atoms with E-state index in [9.17, 15) is 10.5 Å². The molecule has 230 valence electrons. The topological polar surface area (TPSA) is 61.8 Å². The number of hydrogen-bond donors (Lipinski definition) is 0. The first kappa shape index (κ1) is 28.8. The maximum atomic E-state index is 10.4. The van der Waals surface area contributed by atoms with Crippen LogP contribution in [0.5, 0.6) is 0 Å². The lowest BCUT2D eigenvalue weighted by atomic mass is 9.95. The summed E-state index contributed by atoms with van der Waals surface area (Å²) in [5.74, 6) is 0. The van der Waals surface area contributed by atoms with E-state index < -0.39 is 0 Å². The molecule has 2 aromatic heterocycles. The number of para-hydroxylation sites is 3. The van der Waals surface area contributed by atoms with E-state index in [-0.39, 0.29) is 0 Å². The maximum Gasteiger partial charge on any atom is 0.190 e. The Kier molecular flexibility index (Phi) is 6.56. The lowest BCUT2D eigenvalue weighted by molar-refractivity contribution is 1.18. The summed E-state index contributed by atoms with van der Waals surface area (Å²) in [6, 6.07) is 55.8. The van der Waals surface area contributed by atoms with Gasteiger partial charge in [0.1, 0.15) is 0 Å². The van der Waals surface area contributed by atoms with Crippen molar-refractivity contribution in [2.24, 2.45) is 0 Å². The van der Waals surface area contributed by atoms with Gasteiger partial charge in [0.25, 0.3) is 0 Å². The highest BCUT2D eigenvalue weighted by molar-refractivity contribution is 6.11. The fourth-order valence-electron chi connectivity index (χ4n) is 7.38. The number of rotatable bonds is 4. The predicted octanol–water partition coefficient (Wildman–Crippen LogP) is 11.5. The van der Waals surface area contributed by atoms with Gasteiger partial charge in [-0.15, -0.1) is 0 Å². The van der Waals surface area contributed by atoms with Crippen LogP contribution >= 0.6 is 0 Å². The first-order valence-corrected chi connectivity index (χ1v) is 16.3. The van der Waals surface area contributed by atoms with Crippen molar-refractivity contribution in [2.75, 3.05) is 0 Å². The van der Waals surface area contributed by atoms with E-state index in [0.29, 0.717) is 16.8 Å². The van der Waals surface area contributed by atoms with Gasteiger partial charge in [-0.2, -0.15) is 10.5 Å². The van der Waals surface area contributed by atoms with Crippen LogP contribution < -0.4 is 0 Å². The van der Waals surface area contributed by atoms with Crippen LogP contribution in [0, 0.1) is 29.2 Å². The molecule has 0 spiro atoms. The molecular weight excluding hydrogens is 611 g/mol. The average Bonchev–Trinajstić information content (AvgIpc) is 3.70. The van der Waals surface area contributed by atoms with Crippen molar-refractivity contribution in [2.45, 2.75) is 0 Å². The van der Waals surface area contributed by atoms with Crippen molar-refractivity contribution in [3.63, 3.8) is 0 Å². The highest BCUT2D eigenvalue weighted by Crippen LogP contribution is 2.41. The molecule has 0 saturated carbocycles. The second-order valence-corrected chi connectivity index (χ2v) is 12.3. The summed E-state index contributed by atoms with van der Waals surface area (Å²) in [6.07, 6.45) is 0. The minimum absolute atomic E-state index is 0.389. The SMILES string of the molecule is [C-]#[N+]c1cc(C#N)c(-c2ccc(-c3ccc(-n4c5ccccc5c5ccccc54)cc3)cc2)c(-n2c3ccccc3c3cc(C#N)ccc32)c1. The Labute approximate surface area is 288 Å². The molecule has 0 atom stereocenters. The fraction of sp³-hybridized carbons (Fsp3) is 0. The van der Waals surface area contributed by atoms with E-state index in [1.54, 1.807) is 6.07 Å². The summed E-state index contributed by atoms with van der Waals surface area (Å²) in [5.41, 5.74) is 11.2. The molecule has 0 amide bonds. The Morgan fingerprint density at radius 1 is 0.480 bits per heavy atom. The number of hydrogen-bond acceptors (Lipinski definition) is 2. The van der Waals surface area contributed by atoms with E-state index in [1.807, 2.05) is 48.5 Å². The lowest BCUT2D eigenvalue weighted by Gasteiger charge is -2.17. The van der Waals surface area contributed by atoms with Crippen LogP contribution in [0.4, 0.5) is 5.69 Å². The molecule has 0 unspecified atom stereocenters. The minimum Gasteiger partial charge on any atom is -0.310 e. The summed E-state index contributed by atoms with van der Waals surface area (Å²) in [7, 11) is 0. The quantitative estimate of drug-likeness (QED) is 0.181. The summed E-state index contributed by atoms with van der Waals surface area (Å²) in [5, 5.41) is 24.4. The average molecular weight is 636 g/mol. The molecular formula is C45H25N5. The van der Waals surface area contributed by atoms with Gasteiger partial charge in [0.05, 0.1) is 51.9 Å². The van der Waals surface area contributed by atoms with Crippen LogP contribution in [0.25, 0.3) is 82.1 Å². The first-order chi connectivity index (χ1) is 24.7. The van der Waals surface area contributed by atoms with Crippen LogP contribution in [0.15, 0.2) is 152 Å². The number of nitrogens with zero attached hydrogens (tertiary/aromatic N) is 5. The standard InChI is InChI=1S/C45H25N5/c1-48-34-25-33(28-47)45(44(26-34)50-42-13-7-4-10-38(42)39-24-29(27-46)14-23-43(39)50)32-17-15-30(16-18-32)31-19-21-35(22-20-31)49-40-11-5-2-8-36(40)37-9-3-6-12-41(37)49/h2-26H. The predicted molar refractivity (Wildman–Crippen MR) is 202 cm³/mol. The molecule has 7 aromatic carbocycles. The van der Waals surface area contributed by atoms with Gasteiger partial charge in [-0.1, -0.05) is 91.0 Å². The molecule has 9 aromatic rings. The molecule has 2 heterocycles. The number of nitriles is 2. The molecule has 50 heavy (non-hydrogen) atoms. The summed E-state index contributed by atoms with van der Waals surface area (Å²) < 4.78 is 4.42. The third-order valence-corrected chi connectivity index (χ3v) is 9.61. The first-order valence-electron chi connectivity index (χ1n) is 16.3. The number of aromatic nitrogens is 2. The van der Waals surface area contributed by atoms with Gasteiger partial charge in [0.15, 0.2) is 5.69 Å². The van der Waals surface area contributed by atoms with Gasteiger partial charge >= 0.3 is 0 Å². The second-order valence-electron chi connectivity index (χ2n) is 12.3. The van der Waals surface area contributed by atoms with Crippen molar-refractivity contribution in [1.29, 1.82) is 10.5 Å². The van der Waals surface area contributed by atoms with Crippen LogP contribution in [0.1, 0.15) is 11.1 Å². The van der Waals surface area contributed by atoms with Crippen molar-refractivity contribution < 1.29 is 0 Å². The molecule has 0 aliphatic heterocycles. The Bertz CT molecular complexity index is 2890. The lowest BCUT2D eigenvalue weighted by Crippen LogP contribution is -2.00. The van der Waals surface area contributed by atoms with Crippen LogP contribution in [-0.2, 0) is 0 Å². The molecule has 0 aliphatic carbocycles. The molecule has 9 rings (SSSR count). The number of fused-ring (bicyclic) bond motifs is 6. The normalized spacial score (nSPS) is 11.1. The summed E-state index contributed by atoms with van der Waals surface area (Å²) in [4.78, 5) is 3.73. The van der Waals surface area contributed by atoms with Gasteiger partial charge < -0.3 is 9.13 Å². The van der Waals surface area contributed by atoms with Crippen molar-refractivity contribution in [3.05, 3.63) is 174 Å². The molecule has 0 fully saturated rings. The maximum absolute atomic E-state index is 10.4. The van der Waals surface area contributed by atoms with Crippen LogP contribution in [0.2, 0.25) is 0 Å². The molecule has 5 heteroatoms. The Hall–Kier alpha value is -7.39. The van der Waals surface area contributed by atoms with E-state index in [2.05, 4.69) is 123 Å². The zero-order valence-electron chi connectivity index (χ0n) is 26.7. The summed E-state index contributed by atoms with van der Waals surface area (Å²) in [6.45, 7) is 7.82. The zero-order valence-corrected chi connectivity index (χ0v) is 26.7. The van der Waals surface area contributed by atoms with Crippen molar-refractivity contribution in [3.8, 4) is 45.8 Å². The molecule has 0 N–H and O–H groups in total. The minimum atomic E-state index is 0.389. The third kappa shape index (κ3) is 4.38. The van der Waals surface area contributed by atoms with Crippen LogP contribution in [0.3, 0.4) is 0 Å². The number of benzene rings is 7. The molecule has 5 nitrogen and oxygen atoms in total. The summed E-state index contributed by atoms with van der Waals surface area (Å²) >= 11 is 0. The van der Waals surface area contributed by atoms with Gasteiger partial charge in [-0.3, -0.25) is 0 Å². The van der Waals surface area contributed by atoms with E-state index in [0.717, 1.165) is 55.4 Å². The van der Waals surface area contributed by atoms with E-state index in [1.165, 1.54) is 21.8 Å². The van der Waals surface area contributed by atoms with E-state index >= 15 is 0 Å². The Morgan fingerprint density at radius 2 is 1.00 bits per heavy atom.